The normalized spacial score (nSPS) is 19.4. The van der Waals surface area contributed by atoms with Crippen molar-refractivity contribution < 1.29 is 14.4 Å². The second-order valence-corrected chi connectivity index (χ2v) is 5.88. The summed E-state index contributed by atoms with van der Waals surface area (Å²) in [5, 5.41) is 6.88. The number of anilines is 1. The molecule has 1 aliphatic heterocycles. The van der Waals surface area contributed by atoms with Crippen molar-refractivity contribution in [1.82, 2.24) is 4.98 Å². The van der Waals surface area contributed by atoms with Crippen LogP contribution in [-0.4, -0.2) is 29.3 Å². The van der Waals surface area contributed by atoms with Crippen LogP contribution in [0.1, 0.15) is 24.6 Å². The quantitative estimate of drug-likeness (QED) is 0.938. The molecule has 1 unspecified atom stereocenters. The predicted octanol–water partition coefficient (Wildman–Crippen LogP) is 2.92. The molecule has 0 spiro atoms. The summed E-state index contributed by atoms with van der Waals surface area (Å²) < 4.78 is 5.14. The maximum Gasteiger partial charge on any atom is 0.272 e. The van der Waals surface area contributed by atoms with E-state index in [1.807, 2.05) is 43.3 Å². The zero-order valence-corrected chi connectivity index (χ0v) is 13.9. The summed E-state index contributed by atoms with van der Waals surface area (Å²) in [4.78, 5) is 22.3. The van der Waals surface area contributed by atoms with Crippen molar-refractivity contribution in [3.8, 4) is 5.75 Å². The van der Waals surface area contributed by atoms with Gasteiger partial charge < -0.3 is 14.9 Å². The van der Waals surface area contributed by atoms with Gasteiger partial charge >= 0.3 is 0 Å². The molecule has 0 fully saturated rings. The van der Waals surface area contributed by atoms with Crippen molar-refractivity contribution in [2.75, 3.05) is 12.4 Å². The fourth-order valence-corrected chi connectivity index (χ4v) is 2.46. The number of pyridine rings is 1. The monoisotopic (exact) mass is 325 g/mol. The number of aromatic nitrogens is 1. The average Bonchev–Trinajstić information content (AvgIpc) is 2.99. The van der Waals surface area contributed by atoms with E-state index in [1.165, 1.54) is 0 Å². The first-order chi connectivity index (χ1) is 11.5. The molecule has 1 N–H and O–H groups in total. The minimum Gasteiger partial charge on any atom is -0.497 e. The molecule has 6 nitrogen and oxygen atoms in total. The molecule has 1 amide bonds. The number of hydrogen-bond donors (Lipinski definition) is 1. The molecule has 1 aliphatic rings. The molecule has 2 aromatic rings. The summed E-state index contributed by atoms with van der Waals surface area (Å²) in [6.07, 6.45) is 0.386. The number of hydrogen-bond acceptors (Lipinski definition) is 5. The van der Waals surface area contributed by atoms with E-state index < -0.39 is 5.60 Å². The van der Waals surface area contributed by atoms with Crippen LogP contribution >= 0.6 is 0 Å². The Balaban J connectivity index is 1.70. The molecule has 0 aliphatic carbocycles. The molecule has 0 saturated heterocycles. The summed E-state index contributed by atoms with van der Waals surface area (Å²) in [5.74, 6) is 1.000. The van der Waals surface area contributed by atoms with Crippen LogP contribution in [0.25, 0.3) is 0 Å². The zero-order valence-electron chi connectivity index (χ0n) is 13.9. The molecule has 3 rings (SSSR count). The Kier molecular flexibility index (Phi) is 4.20. The number of carbonyl (C=O) groups excluding carboxylic acids is 1. The Hall–Kier alpha value is -2.89. The van der Waals surface area contributed by atoms with Gasteiger partial charge in [-0.1, -0.05) is 11.2 Å². The second kappa shape index (κ2) is 6.31. The molecule has 2 heterocycles. The molecule has 24 heavy (non-hydrogen) atoms. The van der Waals surface area contributed by atoms with Crippen LogP contribution in [0, 0.1) is 6.92 Å². The number of aryl methyl sites for hydroxylation is 1. The van der Waals surface area contributed by atoms with E-state index >= 15 is 0 Å². The summed E-state index contributed by atoms with van der Waals surface area (Å²) in [6, 6.07) is 13.0. The Morgan fingerprint density at radius 1 is 1.25 bits per heavy atom. The largest absolute Gasteiger partial charge is 0.497 e. The van der Waals surface area contributed by atoms with Crippen LogP contribution in [0.15, 0.2) is 47.6 Å². The predicted molar refractivity (Wildman–Crippen MR) is 91.2 cm³/mol. The van der Waals surface area contributed by atoms with Gasteiger partial charge in [-0.05, 0) is 55.8 Å². The van der Waals surface area contributed by atoms with E-state index in [1.54, 1.807) is 20.1 Å². The van der Waals surface area contributed by atoms with E-state index in [0.29, 0.717) is 12.2 Å². The number of methoxy groups -OCH3 is 1. The van der Waals surface area contributed by atoms with Gasteiger partial charge in [0.1, 0.15) is 11.6 Å². The number of oxime groups is 1. The molecule has 124 valence electrons. The lowest BCUT2D eigenvalue weighted by Crippen LogP contribution is -2.40. The molecule has 6 heteroatoms. The SMILES string of the molecule is COc1ccc(C2=NOC(C)(C(=O)Nc3cccc(C)n3)C2)cc1. The summed E-state index contributed by atoms with van der Waals surface area (Å²) in [6.45, 7) is 3.59. The summed E-state index contributed by atoms with van der Waals surface area (Å²) >= 11 is 0. The van der Waals surface area contributed by atoms with Crippen molar-refractivity contribution in [3.63, 3.8) is 0 Å². The third-order valence-electron chi connectivity index (χ3n) is 3.90. The van der Waals surface area contributed by atoms with E-state index in [-0.39, 0.29) is 5.91 Å². The van der Waals surface area contributed by atoms with Crippen molar-refractivity contribution in [1.29, 1.82) is 0 Å². The van der Waals surface area contributed by atoms with Gasteiger partial charge in [0, 0.05) is 12.1 Å². The summed E-state index contributed by atoms with van der Waals surface area (Å²) in [7, 11) is 1.62. The Bertz CT molecular complexity index is 786. The van der Waals surface area contributed by atoms with Gasteiger partial charge in [-0.2, -0.15) is 0 Å². The van der Waals surface area contributed by atoms with Gasteiger partial charge in [-0.15, -0.1) is 0 Å². The van der Waals surface area contributed by atoms with E-state index in [4.69, 9.17) is 9.57 Å². The highest BCUT2D eigenvalue weighted by Gasteiger charge is 2.42. The third kappa shape index (κ3) is 3.22. The lowest BCUT2D eigenvalue weighted by molar-refractivity contribution is -0.135. The fraction of sp³-hybridized carbons (Fsp3) is 0.278. The van der Waals surface area contributed by atoms with Crippen molar-refractivity contribution in [3.05, 3.63) is 53.7 Å². The van der Waals surface area contributed by atoms with Gasteiger partial charge in [0.05, 0.1) is 12.8 Å². The van der Waals surface area contributed by atoms with E-state index in [9.17, 15) is 4.79 Å². The van der Waals surface area contributed by atoms with Crippen LogP contribution in [0.3, 0.4) is 0 Å². The lowest BCUT2D eigenvalue weighted by Gasteiger charge is -2.20. The lowest BCUT2D eigenvalue weighted by atomic mass is 9.95. The average molecular weight is 325 g/mol. The van der Waals surface area contributed by atoms with E-state index in [2.05, 4.69) is 15.5 Å². The first kappa shape index (κ1) is 16.0. The van der Waals surface area contributed by atoms with E-state index in [0.717, 1.165) is 22.7 Å². The van der Waals surface area contributed by atoms with Crippen LogP contribution in [0.5, 0.6) is 5.75 Å². The number of nitrogens with one attached hydrogen (secondary N) is 1. The maximum atomic E-state index is 12.6. The summed E-state index contributed by atoms with van der Waals surface area (Å²) in [5.41, 5.74) is 1.41. The van der Waals surface area contributed by atoms with Crippen molar-refractivity contribution >= 4 is 17.4 Å². The second-order valence-electron chi connectivity index (χ2n) is 5.88. The molecule has 1 atom stereocenters. The highest BCUT2D eigenvalue weighted by atomic mass is 16.7. The number of nitrogens with zero attached hydrogens (tertiary/aromatic N) is 2. The fourth-order valence-electron chi connectivity index (χ4n) is 2.46. The Morgan fingerprint density at radius 3 is 2.67 bits per heavy atom. The molecule has 0 radical (unpaired) electrons. The highest BCUT2D eigenvalue weighted by molar-refractivity contribution is 6.07. The number of carbonyl (C=O) groups is 1. The zero-order chi connectivity index (χ0) is 17.2. The van der Waals surface area contributed by atoms with Crippen LogP contribution in [-0.2, 0) is 9.63 Å². The van der Waals surface area contributed by atoms with Gasteiger partial charge in [0.15, 0.2) is 0 Å². The molecule has 0 saturated carbocycles. The first-order valence-electron chi connectivity index (χ1n) is 7.65. The Labute approximate surface area is 140 Å². The number of rotatable bonds is 4. The third-order valence-corrected chi connectivity index (χ3v) is 3.90. The molecule has 1 aromatic carbocycles. The standard InChI is InChI=1S/C18H19N3O3/c1-12-5-4-6-16(19-12)20-17(22)18(2)11-15(21-24-18)13-7-9-14(23-3)10-8-13/h4-10H,11H2,1-3H3,(H,19,20,22). The minimum absolute atomic E-state index is 0.270. The first-order valence-corrected chi connectivity index (χ1v) is 7.65. The Morgan fingerprint density at radius 2 is 2.00 bits per heavy atom. The van der Waals surface area contributed by atoms with Gasteiger partial charge in [-0.25, -0.2) is 4.98 Å². The van der Waals surface area contributed by atoms with Crippen molar-refractivity contribution in [2.45, 2.75) is 25.9 Å². The number of amides is 1. The topological polar surface area (TPSA) is 72.8 Å². The maximum absolute atomic E-state index is 12.6. The molecule has 0 bridgehead atoms. The molecule has 1 aromatic heterocycles. The van der Waals surface area contributed by atoms with Gasteiger partial charge in [0.25, 0.3) is 5.91 Å². The number of benzene rings is 1. The molecular formula is C18H19N3O3. The van der Waals surface area contributed by atoms with Gasteiger partial charge in [-0.3, -0.25) is 4.79 Å². The van der Waals surface area contributed by atoms with Gasteiger partial charge in [0.2, 0.25) is 5.60 Å². The smallest absolute Gasteiger partial charge is 0.272 e. The van der Waals surface area contributed by atoms with Crippen LogP contribution in [0.2, 0.25) is 0 Å². The number of ether oxygens (including phenoxy) is 1. The van der Waals surface area contributed by atoms with Crippen LogP contribution in [0.4, 0.5) is 5.82 Å². The van der Waals surface area contributed by atoms with Crippen LogP contribution < -0.4 is 10.1 Å². The minimum atomic E-state index is -1.05. The highest BCUT2D eigenvalue weighted by Crippen LogP contribution is 2.28. The van der Waals surface area contributed by atoms with Crippen molar-refractivity contribution in [2.24, 2.45) is 5.16 Å². The molecular weight excluding hydrogens is 306 g/mol.